The molecule has 0 aliphatic heterocycles. The number of nitrogens with two attached hydrogens (primary N) is 2. The zero-order valence-corrected chi connectivity index (χ0v) is 17.1. The van der Waals surface area contributed by atoms with Crippen LogP contribution in [0.3, 0.4) is 0 Å². The molecule has 5 rings (SSSR count). The Bertz CT molecular complexity index is 1250. The molecular weight excluding hydrogens is 400 g/mol. The largest absolute Gasteiger partial charge is 0.399 e. The number of fused-ring (bicyclic) bond motifs is 2. The van der Waals surface area contributed by atoms with Crippen LogP contribution in [0.4, 0.5) is 34.1 Å². The second-order valence-corrected chi connectivity index (χ2v) is 7.61. The van der Waals surface area contributed by atoms with Crippen molar-refractivity contribution in [2.24, 2.45) is 0 Å². The van der Waals surface area contributed by atoms with Crippen molar-refractivity contribution in [3.05, 3.63) is 107 Å². The van der Waals surface area contributed by atoms with Crippen molar-refractivity contribution >= 4 is 45.7 Å². The Hall–Kier alpha value is -4.58. The van der Waals surface area contributed by atoms with E-state index in [9.17, 15) is 9.59 Å². The Morgan fingerprint density at radius 2 is 0.875 bits per heavy atom. The fourth-order valence-electron chi connectivity index (χ4n) is 3.89. The number of hydrogen-bond donors (Lipinski definition) is 4. The zero-order valence-electron chi connectivity index (χ0n) is 17.1. The van der Waals surface area contributed by atoms with Crippen LogP contribution in [0.15, 0.2) is 84.9 Å². The molecule has 6 heteroatoms. The van der Waals surface area contributed by atoms with Gasteiger partial charge in [0.1, 0.15) is 0 Å². The fourth-order valence-corrected chi connectivity index (χ4v) is 3.89. The molecule has 6 nitrogen and oxygen atoms in total. The van der Waals surface area contributed by atoms with Gasteiger partial charge in [0.25, 0.3) is 0 Å². The second kappa shape index (κ2) is 7.59. The quantitative estimate of drug-likeness (QED) is 0.301. The van der Waals surface area contributed by atoms with E-state index in [4.69, 9.17) is 11.5 Å². The van der Waals surface area contributed by atoms with E-state index in [2.05, 4.69) is 10.6 Å². The Balaban J connectivity index is 1.56. The van der Waals surface area contributed by atoms with E-state index < -0.39 is 0 Å². The molecule has 4 aromatic rings. The molecule has 156 valence electrons. The summed E-state index contributed by atoms with van der Waals surface area (Å²) < 4.78 is 0. The molecule has 0 aromatic heterocycles. The molecule has 0 radical (unpaired) electrons. The molecule has 0 bridgehead atoms. The van der Waals surface area contributed by atoms with Crippen molar-refractivity contribution in [2.75, 3.05) is 22.1 Å². The van der Waals surface area contributed by atoms with Gasteiger partial charge in [0.05, 0.1) is 22.5 Å². The first-order chi connectivity index (χ1) is 15.5. The molecule has 0 amide bonds. The number of carbonyl (C=O) groups is 2. The van der Waals surface area contributed by atoms with Crippen molar-refractivity contribution < 1.29 is 9.59 Å². The smallest absolute Gasteiger partial charge is 0.196 e. The average molecular weight is 420 g/mol. The SMILES string of the molecule is Nc1ccc(Nc2cccc3c2C(=O)c2cccc(Nc4ccc(N)cc4)c2C3=O)cc1. The maximum Gasteiger partial charge on any atom is 0.196 e. The highest BCUT2D eigenvalue weighted by Crippen LogP contribution is 2.37. The van der Waals surface area contributed by atoms with Crippen molar-refractivity contribution in [3.8, 4) is 0 Å². The van der Waals surface area contributed by atoms with Crippen molar-refractivity contribution in [2.45, 2.75) is 0 Å². The number of hydrogen-bond acceptors (Lipinski definition) is 6. The van der Waals surface area contributed by atoms with Crippen LogP contribution in [0.2, 0.25) is 0 Å². The van der Waals surface area contributed by atoms with E-state index >= 15 is 0 Å². The first-order valence-corrected chi connectivity index (χ1v) is 10.1. The average Bonchev–Trinajstić information content (AvgIpc) is 2.80. The minimum atomic E-state index is -0.200. The molecule has 0 unspecified atom stereocenters. The summed E-state index contributed by atoms with van der Waals surface area (Å²) in [5, 5.41) is 6.49. The summed E-state index contributed by atoms with van der Waals surface area (Å²) in [7, 11) is 0. The maximum atomic E-state index is 13.5. The molecule has 0 saturated heterocycles. The number of nitrogen functional groups attached to an aromatic ring is 2. The number of benzene rings is 4. The summed E-state index contributed by atoms with van der Waals surface area (Å²) >= 11 is 0. The molecule has 32 heavy (non-hydrogen) atoms. The predicted octanol–water partition coefficient (Wildman–Crippen LogP) is 5.11. The van der Waals surface area contributed by atoms with Gasteiger partial charge in [0.2, 0.25) is 0 Å². The van der Waals surface area contributed by atoms with Gasteiger partial charge in [-0.05, 0) is 60.7 Å². The molecule has 4 aromatic carbocycles. The highest BCUT2D eigenvalue weighted by molar-refractivity contribution is 6.32. The second-order valence-electron chi connectivity index (χ2n) is 7.61. The minimum absolute atomic E-state index is 0.200. The number of carbonyl (C=O) groups excluding carboxylic acids is 2. The van der Waals surface area contributed by atoms with Crippen molar-refractivity contribution in [1.82, 2.24) is 0 Å². The lowest BCUT2D eigenvalue weighted by Gasteiger charge is -2.23. The molecule has 0 saturated carbocycles. The monoisotopic (exact) mass is 420 g/mol. The third-order valence-electron chi connectivity index (χ3n) is 5.45. The lowest BCUT2D eigenvalue weighted by molar-refractivity contribution is 0.0980. The summed E-state index contributed by atoms with van der Waals surface area (Å²) in [4.78, 5) is 27.0. The van der Waals surface area contributed by atoms with Crippen LogP contribution in [0, 0.1) is 0 Å². The normalized spacial score (nSPS) is 12.1. The molecule has 0 atom stereocenters. The van der Waals surface area contributed by atoms with Crippen LogP contribution in [0.25, 0.3) is 0 Å². The number of nitrogens with one attached hydrogen (secondary N) is 2. The minimum Gasteiger partial charge on any atom is -0.399 e. The summed E-state index contributed by atoms with van der Waals surface area (Å²) in [6.45, 7) is 0. The van der Waals surface area contributed by atoms with Crippen LogP contribution < -0.4 is 22.1 Å². The van der Waals surface area contributed by atoms with Crippen molar-refractivity contribution in [1.29, 1.82) is 0 Å². The predicted molar refractivity (Wildman–Crippen MR) is 128 cm³/mol. The molecule has 0 heterocycles. The Morgan fingerprint density at radius 3 is 1.25 bits per heavy atom. The summed E-state index contributed by atoms with van der Waals surface area (Å²) in [6.07, 6.45) is 0. The van der Waals surface area contributed by atoms with E-state index in [0.717, 1.165) is 11.4 Å². The van der Waals surface area contributed by atoms with Gasteiger partial charge in [-0.3, -0.25) is 9.59 Å². The molecule has 1 aliphatic carbocycles. The van der Waals surface area contributed by atoms with Gasteiger partial charge in [0, 0.05) is 33.9 Å². The van der Waals surface area contributed by atoms with Crippen LogP contribution in [-0.2, 0) is 0 Å². The summed E-state index contributed by atoms with van der Waals surface area (Å²) in [5.41, 5.74) is 17.0. The standard InChI is InChI=1S/C26H20N4O2/c27-15-7-11-17(12-8-15)29-21-5-1-3-19-23(21)26(32)20-4-2-6-22(24(20)25(19)31)30-18-13-9-16(28)10-14-18/h1-14,29-30H,27-28H2. The first kappa shape index (κ1) is 19.4. The molecule has 1 aliphatic rings. The van der Waals surface area contributed by atoms with Gasteiger partial charge in [-0.25, -0.2) is 0 Å². The van der Waals surface area contributed by atoms with Crippen LogP contribution >= 0.6 is 0 Å². The zero-order chi connectivity index (χ0) is 22.2. The summed E-state index contributed by atoms with van der Waals surface area (Å²) in [5.74, 6) is -0.400. The van der Waals surface area contributed by atoms with Gasteiger partial charge >= 0.3 is 0 Å². The van der Waals surface area contributed by atoms with Crippen LogP contribution in [0.5, 0.6) is 0 Å². The number of rotatable bonds is 4. The Kier molecular flexibility index (Phi) is 4.60. The Morgan fingerprint density at radius 1 is 0.500 bits per heavy atom. The van der Waals surface area contributed by atoms with Gasteiger partial charge < -0.3 is 22.1 Å². The third kappa shape index (κ3) is 3.33. The van der Waals surface area contributed by atoms with E-state index in [1.54, 1.807) is 60.7 Å². The van der Waals surface area contributed by atoms with Gasteiger partial charge in [0.15, 0.2) is 11.6 Å². The number of anilines is 6. The third-order valence-corrected chi connectivity index (χ3v) is 5.45. The van der Waals surface area contributed by atoms with Gasteiger partial charge in [-0.15, -0.1) is 0 Å². The van der Waals surface area contributed by atoms with E-state index in [1.165, 1.54) is 0 Å². The van der Waals surface area contributed by atoms with E-state index in [1.807, 2.05) is 24.3 Å². The fraction of sp³-hybridized carbons (Fsp3) is 0. The molecule has 6 N–H and O–H groups in total. The lowest BCUT2D eigenvalue weighted by atomic mass is 9.82. The molecular formula is C26H20N4O2. The van der Waals surface area contributed by atoms with Crippen LogP contribution in [0.1, 0.15) is 31.8 Å². The molecule has 0 fully saturated rings. The summed E-state index contributed by atoms with van der Waals surface area (Å²) in [6, 6.07) is 24.9. The topological polar surface area (TPSA) is 110 Å². The molecule has 0 spiro atoms. The highest BCUT2D eigenvalue weighted by atomic mass is 16.1. The van der Waals surface area contributed by atoms with Crippen molar-refractivity contribution in [3.63, 3.8) is 0 Å². The van der Waals surface area contributed by atoms with E-state index in [0.29, 0.717) is 45.0 Å². The van der Waals surface area contributed by atoms with Crippen LogP contribution in [-0.4, -0.2) is 11.6 Å². The maximum absolute atomic E-state index is 13.5. The highest BCUT2D eigenvalue weighted by Gasteiger charge is 2.33. The van der Waals surface area contributed by atoms with Gasteiger partial charge in [-0.1, -0.05) is 24.3 Å². The number of ketones is 2. The lowest BCUT2D eigenvalue weighted by Crippen LogP contribution is -2.23. The van der Waals surface area contributed by atoms with Gasteiger partial charge in [-0.2, -0.15) is 0 Å². The first-order valence-electron chi connectivity index (χ1n) is 10.1. The van der Waals surface area contributed by atoms with E-state index in [-0.39, 0.29) is 11.6 Å². The Labute approximate surface area is 184 Å².